The van der Waals surface area contributed by atoms with Crippen LogP contribution in [0.3, 0.4) is 0 Å². The summed E-state index contributed by atoms with van der Waals surface area (Å²) in [7, 11) is 0. The molecule has 1 amide bonds. The van der Waals surface area contributed by atoms with Crippen LogP contribution in [-0.2, 0) is 9.47 Å². The van der Waals surface area contributed by atoms with Crippen molar-refractivity contribution in [2.75, 3.05) is 6.61 Å². The fraction of sp³-hybridized carbons (Fsp3) is 0.917. The molecule has 1 heterocycles. The van der Waals surface area contributed by atoms with E-state index in [0.717, 1.165) is 0 Å². The predicted molar refractivity (Wildman–Crippen MR) is 64.9 cm³/mol. The van der Waals surface area contributed by atoms with Crippen LogP contribution in [-0.4, -0.2) is 47.0 Å². The van der Waals surface area contributed by atoms with Gasteiger partial charge >= 0.3 is 6.09 Å². The van der Waals surface area contributed by atoms with Crippen molar-refractivity contribution in [3.8, 4) is 0 Å². The number of amides is 1. The summed E-state index contributed by atoms with van der Waals surface area (Å²) in [6, 6.07) is -0.599. The molecule has 6 nitrogen and oxygen atoms in total. The first-order chi connectivity index (χ1) is 8.04. The van der Waals surface area contributed by atoms with Gasteiger partial charge in [-0.1, -0.05) is 13.8 Å². The number of carbonyl (C=O) groups is 1. The van der Waals surface area contributed by atoms with Gasteiger partial charge < -0.3 is 25.0 Å². The van der Waals surface area contributed by atoms with Crippen molar-refractivity contribution in [2.24, 2.45) is 5.41 Å². The summed E-state index contributed by atoms with van der Waals surface area (Å²) in [5.41, 5.74) is -1.45. The second-order valence-corrected chi connectivity index (χ2v) is 6.20. The maximum atomic E-state index is 11.6. The zero-order valence-electron chi connectivity index (χ0n) is 11.6. The summed E-state index contributed by atoms with van der Waals surface area (Å²) in [5.74, 6) is 0. The maximum Gasteiger partial charge on any atom is 0.408 e. The predicted octanol–water partition coefficient (Wildman–Crippen LogP) is 0.615. The number of nitrogens with one attached hydrogen (secondary N) is 1. The normalized spacial score (nSPS) is 31.8. The van der Waals surface area contributed by atoms with Gasteiger partial charge in [0, 0.05) is 5.41 Å². The van der Waals surface area contributed by atoms with Gasteiger partial charge in [0.2, 0.25) is 0 Å². The average molecular weight is 261 g/mol. The standard InChI is InChI=1S/C12H23NO5/c1-11(2,3)18-10(16)13-7-6-17-9(15)12(4,5)8(7)14/h7-9,14-15H,6H2,1-5H3,(H,13,16). The first-order valence-electron chi connectivity index (χ1n) is 6.01. The minimum absolute atomic E-state index is 0.0466. The van der Waals surface area contributed by atoms with Crippen LogP contribution in [0, 0.1) is 5.41 Å². The highest BCUT2D eigenvalue weighted by Crippen LogP contribution is 2.32. The van der Waals surface area contributed by atoms with E-state index in [1.54, 1.807) is 34.6 Å². The van der Waals surface area contributed by atoms with Crippen LogP contribution in [0.25, 0.3) is 0 Å². The van der Waals surface area contributed by atoms with Crippen LogP contribution in [0.2, 0.25) is 0 Å². The van der Waals surface area contributed by atoms with Crippen LogP contribution in [0.4, 0.5) is 4.79 Å². The fourth-order valence-corrected chi connectivity index (χ4v) is 1.74. The number of aliphatic hydroxyl groups is 2. The minimum atomic E-state index is -1.05. The van der Waals surface area contributed by atoms with Gasteiger partial charge in [-0.05, 0) is 20.8 Å². The van der Waals surface area contributed by atoms with Crippen molar-refractivity contribution in [3.63, 3.8) is 0 Å². The topological polar surface area (TPSA) is 88.0 Å². The van der Waals surface area contributed by atoms with E-state index in [1.807, 2.05) is 0 Å². The third-order valence-electron chi connectivity index (χ3n) is 2.92. The molecule has 1 rings (SSSR count). The lowest BCUT2D eigenvalue weighted by molar-refractivity contribution is -0.238. The molecule has 0 aromatic carbocycles. The Kier molecular flexibility index (Phi) is 4.25. The smallest absolute Gasteiger partial charge is 0.408 e. The van der Waals surface area contributed by atoms with Gasteiger partial charge in [-0.3, -0.25) is 0 Å². The molecule has 1 saturated heterocycles. The zero-order chi connectivity index (χ0) is 14.1. The molecule has 0 bridgehead atoms. The minimum Gasteiger partial charge on any atom is -0.444 e. The Morgan fingerprint density at radius 2 is 1.94 bits per heavy atom. The molecule has 0 spiro atoms. The third kappa shape index (κ3) is 3.57. The van der Waals surface area contributed by atoms with E-state index in [-0.39, 0.29) is 6.61 Å². The summed E-state index contributed by atoms with van der Waals surface area (Å²) in [5, 5.41) is 22.3. The Balaban J connectivity index is 2.61. The van der Waals surface area contributed by atoms with Gasteiger partial charge in [-0.15, -0.1) is 0 Å². The van der Waals surface area contributed by atoms with E-state index in [2.05, 4.69) is 5.32 Å². The highest BCUT2D eigenvalue weighted by atomic mass is 16.6. The number of aliphatic hydroxyl groups excluding tert-OH is 2. The Hall–Kier alpha value is -0.850. The molecule has 0 radical (unpaired) electrons. The molecule has 0 aromatic rings. The number of hydrogen-bond donors (Lipinski definition) is 3. The van der Waals surface area contributed by atoms with Crippen molar-refractivity contribution in [1.82, 2.24) is 5.32 Å². The molecular weight excluding hydrogens is 238 g/mol. The summed E-state index contributed by atoms with van der Waals surface area (Å²) < 4.78 is 10.2. The lowest BCUT2D eigenvalue weighted by Gasteiger charge is -2.43. The van der Waals surface area contributed by atoms with E-state index in [4.69, 9.17) is 9.47 Å². The Labute approximate surface area is 107 Å². The van der Waals surface area contributed by atoms with Crippen molar-refractivity contribution >= 4 is 6.09 Å². The molecule has 106 valence electrons. The van der Waals surface area contributed by atoms with Crippen molar-refractivity contribution in [3.05, 3.63) is 0 Å². The van der Waals surface area contributed by atoms with Gasteiger partial charge in [-0.25, -0.2) is 4.79 Å². The Morgan fingerprint density at radius 1 is 1.39 bits per heavy atom. The van der Waals surface area contributed by atoms with Crippen LogP contribution in [0.5, 0.6) is 0 Å². The molecule has 1 aliphatic rings. The highest BCUT2D eigenvalue weighted by molar-refractivity contribution is 5.68. The number of carbonyl (C=O) groups excluding carboxylic acids is 1. The van der Waals surface area contributed by atoms with Gasteiger partial charge in [0.1, 0.15) is 5.60 Å². The lowest BCUT2D eigenvalue weighted by Crippen LogP contribution is -2.60. The summed E-state index contributed by atoms with van der Waals surface area (Å²) >= 11 is 0. The van der Waals surface area contributed by atoms with Crippen LogP contribution in [0.15, 0.2) is 0 Å². The van der Waals surface area contributed by atoms with Crippen molar-refractivity contribution in [1.29, 1.82) is 0 Å². The van der Waals surface area contributed by atoms with Crippen molar-refractivity contribution in [2.45, 2.75) is 58.7 Å². The number of rotatable bonds is 1. The SMILES string of the molecule is CC(C)(C)OC(=O)NC1COC(O)C(C)(C)C1O. The zero-order valence-corrected chi connectivity index (χ0v) is 11.6. The maximum absolute atomic E-state index is 11.6. The molecule has 1 aliphatic heterocycles. The fourth-order valence-electron chi connectivity index (χ4n) is 1.74. The van der Waals surface area contributed by atoms with Crippen LogP contribution >= 0.6 is 0 Å². The molecule has 3 atom stereocenters. The van der Waals surface area contributed by atoms with Gasteiger partial charge in [0.05, 0.1) is 18.8 Å². The summed E-state index contributed by atoms with van der Waals surface area (Å²) in [4.78, 5) is 11.6. The van der Waals surface area contributed by atoms with E-state index < -0.39 is 35.5 Å². The largest absolute Gasteiger partial charge is 0.444 e. The molecular formula is C12H23NO5. The van der Waals surface area contributed by atoms with E-state index in [9.17, 15) is 15.0 Å². The van der Waals surface area contributed by atoms with E-state index in [0.29, 0.717) is 0 Å². The van der Waals surface area contributed by atoms with E-state index in [1.165, 1.54) is 0 Å². The van der Waals surface area contributed by atoms with Gasteiger partial charge in [-0.2, -0.15) is 0 Å². The number of hydrogen-bond acceptors (Lipinski definition) is 5. The molecule has 0 aliphatic carbocycles. The first kappa shape index (κ1) is 15.2. The third-order valence-corrected chi connectivity index (χ3v) is 2.92. The molecule has 3 N–H and O–H groups in total. The highest BCUT2D eigenvalue weighted by Gasteiger charge is 2.46. The molecule has 18 heavy (non-hydrogen) atoms. The Morgan fingerprint density at radius 3 is 2.44 bits per heavy atom. The molecule has 6 heteroatoms. The van der Waals surface area contributed by atoms with E-state index >= 15 is 0 Å². The Bertz CT molecular complexity index is 310. The second kappa shape index (κ2) is 5.03. The molecule has 0 aromatic heterocycles. The summed E-state index contributed by atoms with van der Waals surface area (Å²) in [6.45, 7) is 8.66. The monoisotopic (exact) mass is 261 g/mol. The summed E-state index contributed by atoms with van der Waals surface area (Å²) in [6.07, 6.45) is -2.57. The molecule has 3 unspecified atom stereocenters. The van der Waals surface area contributed by atoms with Gasteiger partial charge in [0.25, 0.3) is 0 Å². The number of alkyl carbamates (subject to hydrolysis) is 1. The van der Waals surface area contributed by atoms with Crippen LogP contribution < -0.4 is 5.32 Å². The molecule has 0 saturated carbocycles. The van der Waals surface area contributed by atoms with Crippen molar-refractivity contribution < 1.29 is 24.5 Å². The molecule has 1 fully saturated rings. The lowest BCUT2D eigenvalue weighted by atomic mass is 9.80. The average Bonchev–Trinajstić information content (AvgIpc) is 2.17. The second-order valence-electron chi connectivity index (χ2n) is 6.20. The first-order valence-corrected chi connectivity index (χ1v) is 6.01. The number of ether oxygens (including phenoxy) is 2. The van der Waals surface area contributed by atoms with Crippen LogP contribution in [0.1, 0.15) is 34.6 Å². The van der Waals surface area contributed by atoms with Gasteiger partial charge in [0.15, 0.2) is 6.29 Å². The quantitative estimate of drug-likeness (QED) is 0.644.